The van der Waals surface area contributed by atoms with Gasteiger partial charge >= 0.3 is 47.8 Å². The molecular formula is C126H222O24. The summed E-state index contributed by atoms with van der Waals surface area (Å²) in [5, 5.41) is 0. The predicted octanol–water partition coefficient (Wildman–Crippen LogP) is 30.0. The zero-order valence-corrected chi connectivity index (χ0v) is 101. The Balaban J connectivity index is 0.000000209. The molecule has 16 atom stereocenters. The SMILES string of the molecule is CCC(C)C(=O)OC1OC(C)CC12CCCCC2.CCC(C)C(=O)OCOC1C(C)(C)CCC1(C)C.CCC(C)C(=O)OCOC1C(C)(C)CCCC1(C)C.CCC(C)C(=O)OCOC1C2(C)CCC(C2)C1(C)C.CCC(C)C(=O)OCOCC1(C)C2CC3CC(C2)CC1C3.CCC(C)C(=O)OCOCC1(C)CC2CCC1C2.CCC(C)C(=O)OCOCC1(C)CCCCC1.CCC(C)C(=O)OCOCC12CC3CC(CC(C3)C1)C2. The van der Waals surface area contributed by atoms with Crippen LogP contribution in [0.15, 0.2) is 0 Å². The van der Waals surface area contributed by atoms with Crippen molar-refractivity contribution in [2.45, 2.75) is 515 Å². The van der Waals surface area contributed by atoms with Crippen LogP contribution < -0.4 is 0 Å². The van der Waals surface area contributed by atoms with Gasteiger partial charge in [-0.2, -0.15) is 0 Å². The number of esters is 8. The zero-order chi connectivity index (χ0) is 111. The molecule has 16 saturated carbocycles. The highest BCUT2D eigenvalue weighted by atomic mass is 16.7. The summed E-state index contributed by atoms with van der Waals surface area (Å²) in [6.45, 7) is 68.8. The lowest BCUT2D eigenvalue weighted by Gasteiger charge is -2.60. The van der Waals surface area contributed by atoms with Crippen LogP contribution in [-0.4, -0.2) is 152 Å². The van der Waals surface area contributed by atoms with Crippen LogP contribution in [0.5, 0.6) is 0 Å². The molecule has 1 saturated heterocycles. The predicted molar refractivity (Wildman–Crippen MR) is 589 cm³/mol. The number of rotatable bonds is 42. The average Bonchev–Trinajstić information content (AvgIpc) is 1.58. The summed E-state index contributed by atoms with van der Waals surface area (Å²) in [5.74, 6) is 7.66. The van der Waals surface area contributed by atoms with E-state index in [-0.39, 0.29) is 211 Å². The summed E-state index contributed by atoms with van der Waals surface area (Å²) < 4.78 is 88.2. The van der Waals surface area contributed by atoms with Crippen LogP contribution in [0, 0.1) is 166 Å². The van der Waals surface area contributed by atoms with Gasteiger partial charge in [-0.05, 0) is 339 Å². The van der Waals surface area contributed by atoms with Crippen molar-refractivity contribution < 1.29 is 114 Å². The number of ether oxygens (including phenoxy) is 16. The van der Waals surface area contributed by atoms with Gasteiger partial charge < -0.3 is 75.8 Å². The van der Waals surface area contributed by atoms with Gasteiger partial charge in [0.1, 0.15) is 0 Å². The molecule has 0 aromatic carbocycles. The standard InChI is InChI=1S/C18H30O3.C17H28O3.C16H28O3.C16H30O3.2C15H26O3.C15H28O3.C14H26O3/c1-4-12(2)17(19)21-11-20-10-18(3)15-6-13-5-14(8-15)9-16(18)7-13;1-3-12(2)16(18)20-11-19-10-17-7-13-4-14(8-17)6-15(5-13)9-17;1-6-11(2)13(17)18-10-19-14-15(3,4)12-7-8-16(14,5)9-12;1-7-12(2)13(17)18-11-19-14-15(3,4)9-8-10-16(14,5)6;1-4-11(2)14(16)18-10-17-9-15(3)8-12-5-6-13(15)7-12;1-4-11(2)13(16)18-14-15(10-12(3)17-14)8-6-5-7-9-15;1-7-11(2)12(16)17-10-18-13-14(3,4)8-9-15(13,5)6;1-4-12(2)13(15)17-11-16-10-14(3)8-6-5-7-9-14/h12-16H,4-11H2,1-3H3;12-15H,3-11H2,1-2H3;11-12,14H,6-10H2,1-5H3;12,14H,7-11H2,1-6H3;11-13H,4-10H2,1-3H3;11-12,14H,4-10H2,1-3H3;11,13H,7-10H2,1-6H3;12H,4-11H2,1-3H3. The first-order valence-corrected chi connectivity index (χ1v) is 60.7. The average molecular weight is 2120 g/mol. The molecule has 12 bridgehead atoms. The molecular weight excluding hydrogens is 1900 g/mol. The van der Waals surface area contributed by atoms with Crippen LogP contribution >= 0.6 is 0 Å². The van der Waals surface area contributed by atoms with Gasteiger partial charge in [-0.25, -0.2) is 0 Å². The molecule has 150 heavy (non-hydrogen) atoms. The van der Waals surface area contributed by atoms with Gasteiger partial charge in [-0.1, -0.05) is 259 Å². The quantitative estimate of drug-likeness (QED) is 0.0237. The molecule has 17 rings (SSSR count). The third-order valence-electron chi connectivity index (χ3n) is 40.4. The second kappa shape index (κ2) is 59.5. The van der Waals surface area contributed by atoms with E-state index in [1.54, 1.807) is 0 Å². The van der Waals surface area contributed by atoms with E-state index in [0.29, 0.717) is 28.3 Å². The molecule has 24 heteroatoms. The Morgan fingerprint density at radius 3 is 0.980 bits per heavy atom. The van der Waals surface area contributed by atoms with Gasteiger partial charge in [-0.3, -0.25) is 38.4 Å². The minimum Gasteiger partial charge on any atom is -0.438 e. The summed E-state index contributed by atoms with van der Waals surface area (Å²) >= 11 is 0. The number of carbonyl (C=O) groups excluding carboxylic acids is 8. The monoisotopic (exact) mass is 2120 g/mol. The lowest BCUT2D eigenvalue weighted by atomic mass is 9.46. The highest BCUT2D eigenvalue weighted by Crippen LogP contribution is 2.66. The first kappa shape index (κ1) is 131. The molecule has 1 aliphatic heterocycles. The molecule has 0 N–H and O–H groups in total. The second-order valence-corrected chi connectivity index (χ2v) is 55.5. The lowest BCUT2D eigenvalue weighted by Crippen LogP contribution is -2.53. The van der Waals surface area contributed by atoms with Crippen LogP contribution in [0.1, 0.15) is 484 Å². The van der Waals surface area contributed by atoms with Crippen LogP contribution in [-0.2, 0) is 114 Å². The summed E-state index contributed by atoms with van der Waals surface area (Å²) in [5.41, 5.74) is 2.54. The van der Waals surface area contributed by atoms with Crippen LogP contribution in [0.3, 0.4) is 0 Å². The van der Waals surface area contributed by atoms with Crippen LogP contribution in [0.4, 0.5) is 0 Å². The van der Waals surface area contributed by atoms with Crippen molar-refractivity contribution in [1.82, 2.24) is 0 Å². The van der Waals surface area contributed by atoms with Crippen molar-refractivity contribution in [2.24, 2.45) is 166 Å². The topological polar surface area (TPSA) is 284 Å². The number of hydrogen-bond acceptors (Lipinski definition) is 24. The molecule has 0 radical (unpaired) electrons. The van der Waals surface area contributed by atoms with E-state index >= 15 is 0 Å². The Morgan fingerprint density at radius 2 is 0.620 bits per heavy atom. The molecule has 1 heterocycles. The van der Waals surface area contributed by atoms with Crippen molar-refractivity contribution in [3.8, 4) is 0 Å². The highest BCUT2D eigenvalue weighted by Gasteiger charge is 2.62. The van der Waals surface area contributed by atoms with Crippen LogP contribution in [0.2, 0.25) is 0 Å². The summed E-state index contributed by atoms with van der Waals surface area (Å²) in [6.07, 6.45) is 51.1. The first-order chi connectivity index (χ1) is 70.5. The molecule has 0 amide bonds. The minimum absolute atomic E-state index is 0.0156. The van der Waals surface area contributed by atoms with E-state index in [4.69, 9.17) is 75.8 Å². The van der Waals surface area contributed by atoms with E-state index in [1.807, 2.05) is 111 Å². The van der Waals surface area contributed by atoms with E-state index < -0.39 is 0 Å². The minimum atomic E-state index is -0.297. The smallest absolute Gasteiger partial charge is 0.310 e. The molecule has 0 aromatic heterocycles. The molecule has 1 spiro atoms. The third kappa shape index (κ3) is 37.3. The van der Waals surface area contributed by atoms with Gasteiger partial charge in [-0.15, -0.1) is 0 Å². The van der Waals surface area contributed by atoms with Crippen molar-refractivity contribution in [3.05, 3.63) is 0 Å². The van der Waals surface area contributed by atoms with Gasteiger partial charge in [0.25, 0.3) is 0 Å². The molecule has 870 valence electrons. The molecule has 17 aliphatic rings. The van der Waals surface area contributed by atoms with Gasteiger partial charge in [0.05, 0.1) is 98.2 Å². The number of fused-ring (bicyclic) bond motifs is 4. The van der Waals surface area contributed by atoms with Gasteiger partial charge in [0.2, 0.25) is 6.29 Å². The normalized spacial score (nSPS) is 32.4. The fourth-order valence-corrected chi connectivity index (χ4v) is 29.7. The van der Waals surface area contributed by atoms with Crippen molar-refractivity contribution in [2.75, 3.05) is 74.0 Å². The first-order valence-electron chi connectivity index (χ1n) is 60.7. The lowest BCUT2D eigenvalue weighted by molar-refractivity contribution is -0.199. The number of hydrogen-bond donors (Lipinski definition) is 0. The Kier molecular flexibility index (Phi) is 51.8. The fourth-order valence-electron chi connectivity index (χ4n) is 29.7. The summed E-state index contributed by atoms with van der Waals surface area (Å²) in [4.78, 5) is 92.9. The zero-order valence-electron chi connectivity index (χ0n) is 101. The maximum Gasteiger partial charge on any atom is 0.310 e. The summed E-state index contributed by atoms with van der Waals surface area (Å²) in [7, 11) is 0. The van der Waals surface area contributed by atoms with E-state index in [9.17, 15) is 38.4 Å². The summed E-state index contributed by atoms with van der Waals surface area (Å²) in [6, 6.07) is 0. The van der Waals surface area contributed by atoms with Crippen molar-refractivity contribution >= 4 is 47.8 Å². The second-order valence-electron chi connectivity index (χ2n) is 55.5. The molecule has 16 aliphatic carbocycles. The molecule has 0 aromatic rings. The van der Waals surface area contributed by atoms with Crippen LogP contribution in [0.25, 0.3) is 0 Å². The Bertz CT molecular complexity index is 3910. The maximum absolute atomic E-state index is 12.0. The Hall–Kier alpha value is -4.56. The van der Waals surface area contributed by atoms with E-state index in [2.05, 4.69) is 104 Å². The maximum atomic E-state index is 12.0. The van der Waals surface area contributed by atoms with Gasteiger partial charge in [0, 0.05) is 5.41 Å². The fraction of sp³-hybridized carbons (Fsp3) is 0.937. The Labute approximate surface area is 911 Å². The number of carbonyl (C=O) groups is 8. The van der Waals surface area contributed by atoms with E-state index in [0.717, 1.165) is 162 Å². The van der Waals surface area contributed by atoms with Gasteiger partial charge in [0.15, 0.2) is 47.6 Å². The molecule has 16 unspecified atom stereocenters. The molecule has 17 fully saturated rings. The largest absolute Gasteiger partial charge is 0.438 e. The highest BCUT2D eigenvalue weighted by molar-refractivity contribution is 5.74. The van der Waals surface area contributed by atoms with E-state index in [1.165, 1.54) is 186 Å². The third-order valence-corrected chi connectivity index (χ3v) is 40.4. The van der Waals surface area contributed by atoms with Crippen molar-refractivity contribution in [1.29, 1.82) is 0 Å². The van der Waals surface area contributed by atoms with Crippen molar-refractivity contribution in [3.63, 3.8) is 0 Å². The Morgan fingerprint density at radius 1 is 0.287 bits per heavy atom. The molecule has 24 nitrogen and oxygen atoms in total.